The third-order valence-corrected chi connectivity index (χ3v) is 4.11. The number of nitrogens with one attached hydrogen (secondary N) is 1. The van der Waals surface area contributed by atoms with E-state index in [1.165, 1.54) is 11.6 Å². The smallest absolute Gasteiger partial charge is 0.223 e. The van der Waals surface area contributed by atoms with E-state index in [1.807, 2.05) is 0 Å². The van der Waals surface area contributed by atoms with Crippen molar-refractivity contribution in [2.45, 2.75) is 13.3 Å². The summed E-state index contributed by atoms with van der Waals surface area (Å²) < 4.78 is 26.6. The van der Waals surface area contributed by atoms with E-state index in [4.69, 9.17) is 0 Å². The Balaban J connectivity index is 2.04. The van der Waals surface area contributed by atoms with E-state index < -0.39 is 17.4 Å². The van der Waals surface area contributed by atoms with Gasteiger partial charge in [0, 0.05) is 35.0 Å². The van der Waals surface area contributed by atoms with Crippen LogP contribution in [0.4, 0.5) is 8.78 Å². The van der Waals surface area contributed by atoms with E-state index >= 15 is 0 Å². The van der Waals surface area contributed by atoms with Crippen molar-refractivity contribution in [2.24, 2.45) is 0 Å². The first kappa shape index (κ1) is 14.5. The zero-order valence-corrected chi connectivity index (χ0v) is 12.3. The predicted octanol–water partition coefficient (Wildman–Crippen LogP) is 3.73. The van der Waals surface area contributed by atoms with Gasteiger partial charge in [0.05, 0.1) is 5.56 Å². The molecule has 0 saturated carbocycles. The van der Waals surface area contributed by atoms with Gasteiger partial charge in [0.2, 0.25) is 5.78 Å². The number of rotatable bonds is 4. The molecule has 2 aromatic heterocycles. The van der Waals surface area contributed by atoms with Crippen LogP contribution in [0.15, 0.2) is 23.7 Å². The van der Waals surface area contributed by atoms with E-state index in [2.05, 4.69) is 9.97 Å². The molecule has 4 nitrogen and oxygen atoms in total. The number of hydrogen-bond acceptors (Lipinski definition) is 4. The number of halogens is 2. The third-order valence-electron chi connectivity index (χ3n) is 3.27. The van der Waals surface area contributed by atoms with Crippen molar-refractivity contribution in [3.8, 4) is 0 Å². The fourth-order valence-electron chi connectivity index (χ4n) is 2.11. The number of aromatic nitrogens is 2. The van der Waals surface area contributed by atoms with Gasteiger partial charge in [-0.2, -0.15) is 0 Å². The summed E-state index contributed by atoms with van der Waals surface area (Å²) in [4.78, 5) is 30.8. The summed E-state index contributed by atoms with van der Waals surface area (Å²) in [6.07, 6.45) is 1.68. The van der Waals surface area contributed by atoms with Crippen molar-refractivity contribution < 1.29 is 18.4 Å². The maximum absolute atomic E-state index is 13.4. The molecule has 1 aromatic carbocycles. The molecule has 0 atom stereocenters. The summed E-state index contributed by atoms with van der Waals surface area (Å²) in [5.41, 5.74) is 0.760. The van der Waals surface area contributed by atoms with E-state index in [0.717, 1.165) is 23.5 Å². The molecule has 0 aliphatic rings. The van der Waals surface area contributed by atoms with Crippen molar-refractivity contribution in [1.82, 2.24) is 9.97 Å². The minimum Gasteiger partial charge on any atom is -0.360 e. The Labute approximate surface area is 127 Å². The number of hydrogen-bond donors (Lipinski definition) is 1. The van der Waals surface area contributed by atoms with Crippen molar-refractivity contribution in [1.29, 1.82) is 0 Å². The highest BCUT2D eigenvalue weighted by molar-refractivity contribution is 7.12. The second-order valence-corrected chi connectivity index (χ2v) is 5.52. The molecule has 0 fully saturated rings. The third kappa shape index (κ3) is 2.33. The van der Waals surface area contributed by atoms with E-state index in [0.29, 0.717) is 11.9 Å². The van der Waals surface area contributed by atoms with Gasteiger partial charge in [-0.1, -0.05) is 6.92 Å². The molecule has 0 unspecified atom stereocenters. The quantitative estimate of drug-likeness (QED) is 0.745. The maximum Gasteiger partial charge on any atom is 0.223 e. The second-order valence-electron chi connectivity index (χ2n) is 4.66. The SMILES string of the molecule is CCC(=O)c1csc(C(=O)c2c[nH]c3cc(F)c(F)cc23)n1. The molecule has 0 radical (unpaired) electrons. The largest absolute Gasteiger partial charge is 0.360 e. The van der Waals surface area contributed by atoms with E-state index in [9.17, 15) is 18.4 Å². The summed E-state index contributed by atoms with van der Waals surface area (Å²) in [6.45, 7) is 1.71. The first-order chi connectivity index (χ1) is 10.5. The highest BCUT2D eigenvalue weighted by atomic mass is 32.1. The van der Waals surface area contributed by atoms with Gasteiger partial charge in [-0.05, 0) is 6.07 Å². The number of carbonyl (C=O) groups is 2. The van der Waals surface area contributed by atoms with Crippen LogP contribution < -0.4 is 0 Å². The van der Waals surface area contributed by atoms with Crippen LogP contribution in [0.3, 0.4) is 0 Å². The van der Waals surface area contributed by atoms with Crippen molar-refractivity contribution >= 4 is 33.8 Å². The minimum absolute atomic E-state index is 0.141. The highest BCUT2D eigenvalue weighted by Gasteiger charge is 2.20. The van der Waals surface area contributed by atoms with Gasteiger partial charge >= 0.3 is 0 Å². The zero-order valence-electron chi connectivity index (χ0n) is 11.4. The molecule has 0 amide bonds. The molecular formula is C15H10F2N2O2S. The standard InChI is InChI=1S/C15H10F2N2O2S/c1-2-13(20)12-6-22-15(19-12)14(21)8-5-18-11-4-10(17)9(16)3-7(8)11/h3-6,18H,2H2,1H3. The molecule has 0 aliphatic heterocycles. The average molecular weight is 320 g/mol. The lowest BCUT2D eigenvalue weighted by Crippen LogP contribution is -2.02. The van der Waals surface area contributed by atoms with E-state index in [-0.39, 0.29) is 27.4 Å². The Hall–Kier alpha value is -2.41. The Morgan fingerprint density at radius 3 is 2.73 bits per heavy atom. The van der Waals surface area contributed by atoms with Crippen LogP contribution in [-0.4, -0.2) is 21.5 Å². The van der Waals surface area contributed by atoms with Crippen LogP contribution in [0, 0.1) is 11.6 Å². The molecule has 2 heterocycles. The summed E-state index contributed by atoms with van der Waals surface area (Å²) in [7, 11) is 0. The summed E-state index contributed by atoms with van der Waals surface area (Å²) in [6, 6.07) is 1.97. The topological polar surface area (TPSA) is 62.8 Å². The number of nitrogens with zero attached hydrogens (tertiary/aromatic N) is 1. The highest BCUT2D eigenvalue weighted by Crippen LogP contribution is 2.25. The number of ketones is 2. The molecular weight excluding hydrogens is 310 g/mol. The Morgan fingerprint density at radius 1 is 1.27 bits per heavy atom. The number of carbonyl (C=O) groups excluding carboxylic acids is 2. The predicted molar refractivity (Wildman–Crippen MR) is 78.4 cm³/mol. The summed E-state index contributed by atoms with van der Waals surface area (Å²) in [5, 5.41) is 1.94. The normalized spacial score (nSPS) is 11.0. The molecule has 3 rings (SSSR count). The fraction of sp³-hybridized carbons (Fsp3) is 0.133. The molecule has 7 heteroatoms. The van der Waals surface area contributed by atoms with Crippen molar-refractivity contribution in [2.75, 3.05) is 0 Å². The minimum atomic E-state index is -1.03. The number of thiazole rings is 1. The summed E-state index contributed by atoms with van der Waals surface area (Å²) >= 11 is 1.05. The number of fused-ring (bicyclic) bond motifs is 1. The van der Waals surface area contributed by atoms with Crippen LogP contribution in [0.2, 0.25) is 0 Å². The second kappa shape index (κ2) is 5.42. The maximum atomic E-state index is 13.4. The molecule has 0 bridgehead atoms. The van der Waals surface area contributed by atoms with E-state index in [1.54, 1.807) is 6.92 Å². The first-order valence-electron chi connectivity index (χ1n) is 6.50. The first-order valence-corrected chi connectivity index (χ1v) is 7.38. The molecule has 112 valence electrons. The number of Topliss-reactive ketones (excluding diaryl/α,β-unsaturated/α-hetero) is 1. The molecule has 0 saturated heterocycles. The molecule has 1 N–H and O–H groups in total. The lowest BCUT2D eigenvalue weighted by atomic mass is 10.1. The van der Waals surface area contributed by atoms with Crippen LogP contribution in [0.1, 0.15) is 39.2 Å². The van der Waals surface area contributed by atoms with Crippen LogP contribution >= 0.6 is 11.3 Å². The Morgan fingerprint density at radius 2 is 2.00 bits per heavy atom. The fourth-order valence-corrected chi connectivity index (χ4v) is 2.88. The van der Waals surface area contributed by atoms with Gasteiger partial charge in [-0.3, -0.25) is 9.59 Å². The summed E-state index contributed by atoms with van der Waals surface area (Å²) in [5.74, 6) is -2.60. The van der Waals surface area contributed by atoms with Gasteiger partial charge in [0.15, 0.2) is 22.4 Å². The number of aromatic amines is 1. The van der Waals surface area contributed by atoms with Gasteiger partial charge in [-0.25, -0.2) is 13.8 Å². The Kier molecular flexibility index (Phi) is 3.58. The molecule has 0 aliphatic carbocycles. The average Bonchev–Trinajstić information content (AvgIpc) is 3.13. The Bertz CT molecular complexity index is 898. The van der Waals surface area contributed by atoms with Gasteiger partial charge in [-0.15, -0.1) is 11.3 Å². The zero-order chi connectivity index (χ0) is 15.9. The van der Waals surface area contributed by atoms with Gasteiger partial charge < -0.3 is 4.98 Å². The molecule has 0 spiro atoms. The number of H-pyrrole nitrogens is 1. The van der Waals surface area contributed by atoms with Crippen molar-refractivity contribution in [3.05, 3.63) is 51.6 Å². The lowest BCUT2D eigenvalue weighted by molar-refractivity contribution is 0.0984. The monoisotopic (exact) mass is 320 g/mol. The van der Waals surface area contributed by atoms with Gasteiger partial charge in [0.1, 0.15) is 5.69 Å². The number of benzene rings is 1. The van der Waals surface area contributed by atoms with Gasteiger partial charge in [0.25, 0.3) is 0 Å². The van der Waals surface area contributed by atoms with Crippen LogP contribution in [0.25, 0.3) is 10.9 Å². The molecule has 3 aromatic rings. The van der Waals surface area contributed by atoms with Crippen LogP contribution in [0.5, 0.6) is 0 Å². The van der Waals surface area contributed by atoms with Crippen LogP contribution in [-0.2, 0) is 0 Å². The van der Waals surface area contributed by atoms with Crippen molar-refractivity contribution in [3.63, 3.8) is 0 Å². The molecule has 22 heavy (non-hydrogen) atoms. The lowest BCUT2D eigenvalue weighted by Gasteiger charge is -1.97.